The van der Waals surface area contributed by atoms with Crippen LogP contribution in [0.1, 0.15) is 12.0 Å². The van der Waals surface area contributed by atoms with Gasteiger partial charge in [-0.3, -0.25) is 0 Å². The molecular formula is C14H15ClN2. The molecule has 2 nitrogen and oxygen atoms in total. The fourth-order valence-corrected chi connectivity index (χ4v) is 2.69. The largest absolute Gasteiger partial charge is 0.361 e. The van der Waals surface area contributed by atoms with Crippen LogP contribution in [0.2, 0.25) is 5.02 Å². The molecule has 2 aromatic rings. The zero-order chi connectivity index (χ0) is 11.8. The van der Waals surface area contributed by atoms with Crippen molar-refractivity contribution in [1.82, 2.24) is 9.88 Å². The molecule has 0 saturated carbocycles. The van der Waals surface area contributed by atoms with E-state index in [4.69, 9.17) is 11.6 Å². The predicted molar refractivity (Wildman–Crippen MR) is 73.4 cm³/mol. The summed E-state index contributed by atoms with van der Waals surface area (Å²) in [7, 11) is 2.15. The maximum absolute atomic E-state index is 6.29. The standard InChI is InChI=1S/C14H15ClN2/c1-17-7-5-10(6-8-17)11-9-16-13-4-2-3-12(15)14(11)13/h2-5,9,16H,6-8H2,1H3. The van der Waals surface area contributed by atoms with Gasteiger partial charge in [0.15, 0.2) is 0 Å². The Labute approximate surface area is 106 Å². The zero-order valence-corrected chi connectivity index (χ0v) is 10.6. The van der Waals surface area contributed by atoms with Crippen molar-refractivity contribution < 1.29 is 0 Å². The quantitative estimate of drug-likeness (QED) is 0.816. The average Bonchev–Trinajstić information content (AvgIpc) is 2.75. The van der Waals surface area contributed by atoms with Crippen molar-refractivity contribution >= 4 is 28.1 Å². The van der Waals surface area contributed by atoms with Crippen molar-refractivity contribution in [2.45, 2.75) is 6.42 Å². The molecule has 3 rings (SSSR count). The van der Waals surface area contributed by atoms with E-state index in [2.05, 4.69) is 35.3 Å². The normalized spacial score (nSPS) is 17.4. The summed E-state index contributed by atoms with van der Waals surface area (Å²) in [5.74, 6) is 0. The van der Waals surface area contributed by atoms with Crippen LogP contribution in [0.25, 0.3) is 16.5 Å². The molecule has 17 heavy (non-hydrogen) atoms. The highest BCUT2D eigenvalue weighted by molar-refractivity contribution is 6.36. The monoisotopic (exact) mass is 246 g/mol. The first-order valence-electron chi connectivity index (χ1n) is 5.89. The summed E-state index contributed by atoms with van der Waals surface area (Å²) in [5, 5.41) is 1.99. The molecule has 0 aliphatic carbocycles. The third kappa shape index (κ3) is 1.88. The van der Waals surface area contributed by atoms with E-state index in [1.54, 1.807) is 0 Å². The zero-order valence-electron chi connectivity index (χ0n) is 9.83. The van der Waals surface area contributed by atoms with E-state index in [1.807, 2.05) is 12.1 Å². The van der Waals surface area contributed by atoms with Gasteiger partial charge in [-0.1, -0.05) is 23.7 Å². The summed E-state index contributed by atoms with van der Waals surface area (Å²) in [6.07, 6.45) is 5.47. The van der Waals surface area contributed by atoms with Gasteiger partial charge in [-0.25, -0.2) is 0 Å². The Morgan fingerprint density at radius 2 is 2.24 bits per heavy atom. The van der Waals surface area contributed by atoms with Gasteiger partial charge >= 0.3 is 0 Å². The highest BCUT2D eigenvalue weighted by Crippen LogP contribution is 2.33. The Balaban J connectivity index is 2.12. The highest BCUT2D eigenvalue weighted by Gasteiger charge is 2.14. The lowest BCUT2D eigenvalue weighted by Crippen LogP contribution is -2.23. The first kappa shape index (κ1) is 10.9. The lowest BCUT2D eigenvalue weighted by atomic mass is 9.99. The maximum atomic E-state index is 6.29. The average molecular weight is 247 g/mol. The topological polar surface area (TPSA) is 19.0 Å². The lowest BCUT2D eigenvalue weighted by Gasteiger charge is -2.21. The molecule has 1 aromatic heterocycles. The van der Waals surface area contributed by atoms with E-state index in [0.717, 1.165) is 35.4 Å². The number of halogens is 1. The summed E-state index contributed by atoms with van der Waals surface area (Å²) in [6.45, 7) is 2.13. The molecule has 0 saturated heterocycles. The number of likely N-dealkylation sites (N-methyl/N-ethyl adjacent to an activating group) is 1. The van der Waals surface area contributed by atoms with Gasteiger partial charge in [0.1, 0.15) is 0 Å². The van der Waals surface area contributed by atoms with Crippen molar-refractivity contribution in [1.29, 1.82) is 0 Å². The van der Waals surface area contributed by atoms with E-state index in [9.17, 15) is 0 Å². The molecule has 88 valence electrons. The molecule has 1 aliphatic heterocycles. The molecular weight excluding hydrogens is 232 g/mol. The van der Waals surface area contributed by atoms with Gasteiger partial charge in [-0.2, -0.15) is 0 Å². The molecule has 0 radical (unpaired) electrons. The molecule has 0 atom stereocenters. The minimum Gasteiger partial charge on any atom is -0.361 e. The number of rotatable bonds is 1. The van der Waals surface area contributed by atoms with Gasteiger partial charge in [-0.05, 0) is 31.2 Å². The summed E-state index contributed by atoms with van der Waals surface area (Å²) >= 11 is 6.29. The Hall–Kier alpha value is -1.25. The van der Waals surface area contributed by atoms with E-state index in [1.165, 1.54) is 11.1 Å². The summed E-state index contributed by atoms with van der Waals surface area (Å²) < 4.78 is 0. The number of nitrogens with one attached hydrogen (secondary N) is 1. The van der Waals surface area contributed by atoms with Crippen molar-refractivity contribution in [3.05, 3.63) is 41.1 Å². The van der Waals surface area contributed by atoms with Gasteiger partial charge in [0.05, 0.1) is 5.02 Å². The highest BCUT2D eigenvalue weighted by atomic mass is 35.5. The van der Waals surface area contributed by atoms with Crippen LogP contribution in [0, 0.1) is 0 Å². The third-order valence-electron chi connectivity index (χ3n) is 3.41. The molecule has 0 fully saturated rings. The van der Waals surface area contributed by atoms with Crippen molar-refractivity contribution in [2.24, 2.45) is 0 Å². The smallest absolute Gasteiger partial charge is 0.0505 e. The number of H-pyrrole nitrogens is 1. The van der Waals surface area contributed by atoms with Gasteiger partial charge in [-0.15, -0.1) is 0 Å². The Kier molecular flexibility index (Phi) is 2.69. The Bertz CT molecular complexity index is 583. The molecule has 3 heteroatoms. The molecule has 0 spiro atoms. The minimum absolute atomic E-state index is 0.832. The van der Waals surface area contributed by atoms with E-state index in [-0.39, 0.29) is 0 Å². The second-order valence-electron chi connectivity index (χ2n) is 4.61. The Morgan fingerprint density at radius 1 is 1.35 bits per heavy atom. The van der Waals surface area contributed by atoms with Gasteiger partial charge in [0, 0.05) is 35.8 Å². The molecule has 1 aliphatic rings. The van der Waals surface area contributed by atoms with Crippen LogP contribution >= 0.6 is 11.6 Å². The van der Waals surface area contributed by atoms with E-state index >= 15 is 0 Å². The molecule has 0 bridgehead atoms. The molecule has 0 amide bonds. The van der Waals surface area contributed by atoms with Crippen LogP contribution in [-0.4, -0.2) is 30.0 Å². The fourth-order valence-electron chi connectivity index (χ4n) is 2.41. The molecule has 0 unspecified atom stereocenters. The van der Waals surface area contributed by atoms with Crippen molar-refractivity contribution in [2.75, 3.05) is 20.1 Å². The fraction of sp³-hybridized carbons (Fsp3) is 0.286. The second-order valence-corrected chi connectivity index (χ2v) is 5.01. The van der Waals surface area contributed by atoms with Crippen molar-refractivity contribution in [3.63, 3.8) is 0 Å². The SMILES string of the molecule is CN1CC=C(c2c[nH]c3cccc(Cl)c23)CC1. The summed E-state index contributed by atoms with van der Waals surface area (Å²) in [5.41, 5.74) is 3.79. The molecule has 2 heterocycles. The summed E-state index contributed by atoms with van der Waals surface area (Å²) in [4.78, 5) is 5.62. The number of nitrogens with zero attached hydrogens (tertiary/aromatic N) is 1. The maximum Gasteiger partial charge on any atom is 0.0505 e. The number of aromatic nitrogens is 1. The summed E-state index contributed by atoms with van der Waals surface area (Å²) in [6, 6.07) is 6.00. The number of benzene rings is 1. The van der Waals surface area contributed by atoms with Crippen LogP contribution in [0.5, 0.6) is 0 Å². The number of aromatic amines is 1. The van der Waals surface area contributed by atoms with Crippen LogP contribution < -0.4 is 0 Å². The molecule has 1 N–H and O–H groups in total. The predicted octanol–water partition coefficient (Wildman–Crippen LogP) is 3.54. The third-order valence-corrected chi connectivity index (χ3v) is 3.73. The Morgan fingerprint density at radius 3 is 3.00 bits per heavy atom. The van der Waals surface area contributed by atoms with Gasteiger partial charge in [0.25, 0.3) is 0 Å². The number of fused-ring (bicyclic) bond motifs is 1. The van der Waals surface area contributed by atoms with Crippen LogP contribution in [0.3, 0.4) is 0 Å². The second kappa shape index (κ2) is 4.21. The van der Waals surface area contributed by atoms with Crippen LogP contribution in [-0.2, 0) is 0 Å². The van der Waals surface area contributed by atoms with E-state index in [0.29, 0.717) is 0 Å². The lowest BCUT2D eigenvalue weighted by molar-refractivity contribution is 0.370. The van der Waals surface area contributed by atoms with Gasteiger partial charge in [0.2, 0.25) is 0 Å². The minimum atomic E-state index is 0.832. The van der Waals surface area contributed by atoms with Gasteiger partial charge < -0.3 is 9.88 Å². The first-order valence-corrected chi connectivity index (χ1v) is 6.27. The number of hydrogen-bond donors (Lipinski definition) is 1. The van der Waals surface area contributed by atoms with Crippen LogP contribution in [0.4, 0.5) is 0 Å². The molecule has 1 aromatic carbocycles. The van der Waals surface area contributed by atoms with Crippen LogP contribution in [0.15, 0.2) is 30.5 Å². The van der Waals surface area contributed by atoms with Crippen molar-refractivity contribution in [3.8, 4) is 0 Å². The van der Waals surface area contributed by atoms with E-state index < -0.39 is 0 Å². The number of hydrogen-bond acceptors (Lipinski definition) is 1. The first-order chi connectivity index (χ1) is 8.25.